The molecule has 2 aromatic heterocycles. The van der Waals surface area contributed by atoms with Gasteiger partial charge in [0.2, 0.25) is 0 Å². The van der Waals surface area contributed by atoms with Crippen molar-refractivity contribution in [3.63, 3.8) is 0 Å². The van der Waals surface area contributed by atoms with E-state index in [2.05, 4.69) is 4.98 Å². The summed E-state index contributed by atoms with van der Waals surface area (Å²) in [6.07, 6.45) is 1.75. The number of hydrogen-bond donors (Lipinski definition) is 0. The maximum absolute atomic E-state index is 6.26. The first-order valence-electron chi connectivity index (χ1n) is 9.03. The first kappa shape index (κ1) is 18.7. The van der Waals surface area contributed by atoms with Gasteiger partial charge in [0.25, 0.3) is 0 Å². The second-order valence-corrected chi connectivity index (χ2v) is 6.27. The largest absolute Gasteiger partial charge is 0.493 e. The lowest BCUT2D eigenvalue weighted by molar-refractivity contribution is 0.355. The average molecular weight is 391 g/mol. The molecule has 0 saturated heterocycles. The van der Waals surface area contributed by atoms with Gasteiger partial charge in [-0.2, -0.15) is 0 Å². The van der Waals surface area contributed by atoms with E-state index in [1.165, 1.54) is 0 Å². The number of nitrogens with zero attached hydrogens (tertiary/aromatic N) is 1. The van der Waals surface area contributed by atoms with Crippen molar-refractivity contribution in [1.82, 2.24) is 4.98 Å². The minimum Gasteiger partial charge on any atom is -0.493 e. The standard InChI is InChI=1S/C23H21NO5/c1-25-18-9-5-7-14(22(18)27-3)15-11-12-24-17-13-20(29-21(15)17)16-8-6-10-19(26-2)23(16)28-4/h5-13H,1-4H3. The van der Waals surface area contributed by atoms with Crippen molar-refractivity contribution in [1.29, 1.82) is 0 Å². The highest BCUT2D eigenvalue weighted by molar-refractivity contribution is 5.95. The summed E-state index contributed by atoms with van der Waals surface area (Å²) in [5.74, 6) is 3.16. The Hall–Kier alpha value is -3.67. The van der Waals surface area contributed by atoms with Crippen molar-refractivity contribution >= 4 is 11.1 Å². The molecule has 0 bridgehead atoms. The van der Waals surface area contributed by atoms with Crippen LogP contribution in [0, 0.1) is 0 Å². The number of aromatic nitrogens is 1. The third-order valence-electron chi connectivity index (χ3n) is 4.77. The average Bonchev–Trinajstić information content (AvgIpc) is 3.22. The number of furan rings is 1. The molecule has 0 aliphatic rings. The van der Waals surface area contributed by atoms with E-state index in [9.17, 15) is 0 Å². The molecule has 0 aliphatic carbocycles. The van der Waals surface area contributed by atoms with Gasteiger partial charge in [0.15, 0.2) is 28.6 Å². The van der Waals surface area contributed by atoms with Crippen LogP contribution in [-0.4, -0.2) is 33.4 Å². The van der Waals surface area contributed by atoms with Crippen LogP contribution in [0.15, 0.2) is 59.1 Å². The summed E-state index contributed by atoms with van der Waals surface area (Å²) in [6.45, 7) is 0. The molecule has 4 rings (SSSR count). The summed E-state index contributed by atoms with van der Waals surface area (Å²) in [5, 5.41) is 0. The summed E-state index contributed by atoms with van der Waals surface area (Å²) < 4.78 is 28.3. The van der Waals surface area contributed by atoms with Gasteiger partial charge in [-0.15, -0.1) is 0 Å². The van der Waals surface area contributed by atoms with Crippen molar-refractivity contribution in [2.45, 2.75) is 0 Å². The Morgan fingerprint density at radius 1 is 0.690 bits per heavy atom. The van der Waals surface area contributed by atoms with Crippen LogP contribution >= 0.6 is 0 Å². The van der Waals surface area contributed by atoms with E-state index in [1.807, 2.05) is 48.5 Å². The summed E-state index contributed by atoms with van der Waals surface area (Å²) >= 11 is 0. The van der Waals surface area contributed by atoms with Gasteiger partial charge in [0.05, 0.1) is 34.0 Å². The van der Waals surface area contributed by atoms with Gasteiger partial charge in [-0.1, -0.05) is 18.2 Å². The van der Waals surface area contributed by atoms with Crippen molar-refractivity contribution in [3.8, 4) is 45.4 Å². The quantitative estimate of drug-likeness (QED) is 0.450. The van der Waals surface area contributed by atoms with Gasteiger partial charge in [-0.25, -0.2) is 0 Å². The predicted molar refractivity (Wildman–Crippen MR) is 111 cm³/mol. The fraction of sp³-hybridized carbons (Fsp3) is 0.174. The van der Waals surface area contributed by atoms with E-state index >= 15 is 0 Å². The lowest BCUT2D eigenvalue weighted by atomic mass is 10.0. The second-order valence-electron chi connectivity index (χ2n) is 6.27. The van der Waals surface area contributed by atoms with Crippen LogP contribution in [0.25, 0.3) is 33.6 Å². The fourth-order valence-electron chi connectivity index (χ4n) is 3.46. The molecule has 0 N–H and O–H groups in total. The van der Waals surface area contributed by atoms with Gasteiger partial charge in [0, 0.05) is 23.4 Å². The molecule has 0 radical (unpaired) electrons. The molecular formula is C23H21NO5. The number of pyridine rings is 1. The minimum absolute atomic E-state index is 0.606. The number of rotatable bonds is 6. The zero-order valence-electron chi connectivity index (χ0n) is 16.7. The van der Waals surface area contributed by atoms with Crippen molar-refractivity contribution < 1.29 is 23.4 Å². The van der Waals surface area contributed by atoms with Crippen molar-refractivity contribution in [2.75, 3.05) is 28.4 Å². The molecule has 0 fully saturated rings. The number of fused-ring (bicyclic) bond motifs is 1. The molecule has 0 spiro atoms. The molecule has 2 aromatic carbocycles. The SMILES string of the molecule is COc1cccc(-c2cc3nccc(-c4cccc(OC)c4OC)c3o2)c1OC. The Balaban J connectivity index is 1.93. The second kappa shape index (κ2) is 7.75. The van der Waals surface area contributed by atoms with Gasteiger partial charge >= 0.3 is 0 Å². The van der Waals surface area contributed by atoms with Crippen LogP contribution in [0.5, 0.6) is 23.0 Å². The molecule has 6 nitrogen and oxygen atoms in total. The van der Waals surface area contributed by atoms with Crippen LogP contribution < -0.4 is 18.9 Å². The molecule has 29 heavy (non-hydrogen) atoms. The molecule has 0 atom stereocenters. The highest BCUT2D eigenvalue weighted by Gasteiger charge is 2.20. The van der Waals surface area contributed by atoms with Crippen molar-refractivity contribution in [2.24, 2.45) is 0 Å². The highest BCUT2D eigenvalue weighted by atomic mass is 16.5. The molecule has 4 aromatic rings. The first-order chi connectivity index (χ1) is 14.2. The smallest absolute Gasteiger partial charge is 0.171 e. The van der Waals surface area contributed by atoms with Crippen LogP contribution in [0.3, 0.4) is 0 Å². The number of methoxy groups -OCH3 is 4. The predicted octanol–water partition coefficient (Wildman–Crippen LogP) is 5.20. The number of benzene rings is 2. The van der Waals surface area contributed by atoms with E-state index in [0.717, 1.165) is 22.2 Å². The normalized spacial score (nSPS) is 10.8. The van der Waals surface area contributed by atoms with E-state index in [4.69, 9.17) is 23.4 Å². The molecule has 2 heterocycles. The van der Waals surface area contributed by atoms with Gasteiger partial charge in [-0.3, -0.25) is 4.98 Å². The number of hydrogen-bond acceptors (Lipinski definition) is 6. The van der Waals surface area contributed by atoms with Gasteiger partial charge in [-0.05, 0) is 24.3 Å². The Kier molecular flexibility index (Phi) is 4.99. The molecule has 0 unspecified atom stereocenters. The Morgan fingerprint density at radius 3 is 1.93 bits per heavy atom. The monoisotopic (exact) mass is 391 g/mol. The zero-order valence-corrected chi connectivity index (χ0v) is 16.7. The van der Waals surface area contributed by atoms with Crippen LogP contribution in [0.4, 0.5) is 0 Å². The minimum atomic E-state index is 0.606. The summed E-state index contributed by atoms with van der Waals surface area (Å²) in [5.41, 5.74) is 3.89. The van der Waals surface area contributed by atoms with Crippen LogP contribution in [-0.2, 0) is 0 Å². The fourth-order valence-corrected chi connectivity index (χ4v) is 3.46. The molecule has 0 saturated carbocycles. The lowest BCUT2D eigenvalue weighted by Crippen LogP contribution is -1.93. The maximum Gasteiger partial charge on any atom is 0.171 e. The third-order valence-corrected chi connectivity index (χ3v) is 4.77. The van der Waals surface area contributed by atoms with E-state index < -0.39 is 0 Å². The zero-order chi connectivity index (χ0) is 20.4. The molecule has 148 valence electrons. The molecule has 0 aliphatic heterocycles. The Morgan fingerprint density at radius 2 is 1.31 bits per heavy atom. The number of ether oxygens (including phenoxy) is 4. The highest BCUT2D eigenvalue weighted by Crippen LogP contribution is 2.44. The topological polar surface area (TPSA) is 63.0 Å². The molecule has 6 heteroatoms. The Labute approximate surface area is 168 Å². The summed E-state index contributed by atoms with van der Waals surface area (Å²) in [7, 11) is 6.45. The first-order valence-corrected chi connectivity index (χ1v) is 9.03. The van der Waals surface area contributed by atoms with Gasteiger partial charge in [0.1, 0.15) is 11.3 Å². The third kappa shape index (κ3) is 3.12. The Bertz CT molecular complexity index is 1170. The summed E-state index contributed by atoms with van der Waals surface area (Å²) in [4.78, 5) is 4.47. The maximum atomic E-state index is 6.26. The van der Waals surface area contributed by atoms with Gasteiger partial charge < -0.3 is 23.4 Å². The van der Waals surface area contributed by atoms with Crippen LogP contribution in [0.1, 0.15) is 0 Å². The van der Waals surface area contributed by atoms with E-state index in [1.54, 1.807) is 34.6 Å². The lowest BCUT2D eigenvalue weighted by Gasteiger charge is -2.12. The number of para-hydroxylation sites is 2. The summed E-state index contributed by atoms with van der Waals surface area (Å²) in [6, 6.07) is 15.2. The van der Waals surface area contributed by atoms with Crippen molar-refractivity contribution in [3.05, 3.63) is 54.7 Å². The molecule has 0 amide bonds. The van der Waals surface area contributed by atoms with Crippen LogP contribution in [0.2, 0.25) is 0 Å². The molecular weight excluding hydrogens is 370 g/mol. The van der Waals surface area contributed by atoms with E-state index in [-0.39, 0.29) is 0 Å². The van der Waals surface area contributed by atoms with E-state index in [0.29, 0.717) is 34.3 Å².